The second-order valence-electron chi connectivity index (χ2n) is 7.11. The van der Waals surface area contributed by atoms with E-state index in [1.165, 1.54) is 0 Å². The van der Waals surface area contributed by atoms with Gasteiger partial charge < -0.3 is 14.5 Å². The summed E-state index contributed by atoms with van der Waals surface area (Å²) in [6.45, 7) is 8.30. The van der Waals surface area contributed by atoms with Crippen LogP contribution in [0.1, 0.15) is 30.0 Å². The fourth-order valence-electron chi connectivity index (χ4n) is 3.49. The van der Waals surface area contributed by atoms with Gasteiger partial charge in [0.05, 0.1) is 19.3 Å². The molecule has 2 atom stereocenters. The van der Waals surface area contributed by atoms with Gasteiger partial charge in [-0.3, -0.25) is 9.89 Å². The maximum Gasteiger partial charge on any atom is 0.274 e. The second kappa shape index (κ2) is 6.38. The van der Waals surface area contributed by atoms with Crippen molar-refractivity contribution in [3.8, 4) is 0 Å². The van der Waals surface area contributed by atoms with Crippen LogP contribution in [0, 0.1) is 11.8 Å². The predicted molar refractivity (Wildman–Crippen MR) is 83.8 cm³/mol. The first-order valence-corrected chi connectivity index (χ1v) is 8.14. The average Bonchev–Trinajstić information content (AvgIpc) is 2.71. The summed E-state index contributed by atoms with van der Waals surface area (Å²) in [7, 11) is 2.12. The molecule has 2 aliphatic rings. The predicted octanol–water partition coefficient (Wildman–Crippen LogP) is 1.01. The number of H-pyrrole nitrogens is 1. The van der Waals surface area contributed by atoms with Gasteiger partial charge in [0, 0.05) is 31.2 Å². The minimum Gasteiger partial charge on any atom is -0.379 e. The van der Waals surface area contributed by atoms with Crippen LogP contribution in [0.3, 0.4) is 0 Å². The zero-order valence-corrected chi connectivity index (χ0v) is 13.7. The lowest BCUT2D eigenvalue weighted by Crippen LogP contribution is -2.46. The molecule has 2 fully saturated rings. The number of hydrogen-bond acceptors (Lipinski definition) is 4. The maximum atomic E-state index is 12.9. The number of amides is 1. The summed E-state index contributed by atoms with van der Waals surface area (Å²) in [4.78, 5) is 17.1. The first kappa shape index (κ1) is 15.5. The topological polar surface area (TPSA) is 61.5 Å². The third kappa shape index (κ3) is 3.33. The fraction of sp³-hybridized carbons (Fsp3) is 0.750. The highest BCUT2D eigenvalue weighted by Gasteiger charge is 2.35. The molecule has 0 saturated carbocycles. The van der Waals surface area contributed by atoms with E-state index < -0.39 is 0 Å². The first-order valence-electron chi connectivity index (χ1n) is 8.14. The van der Waals surface area contributed by atoms with E-state index in [1.54, 1.807) is 0 Å². The molecule has 3 heterocycles. The van der Waals surface area contributed by atoms with Crippen LogP contribution in [0.15, 0.2) is 6.07 Å². The molecule has 1 aromatic heterocycles. The number of hydrogen-bond donors (Lipinski definition) is 1. The molecule has 1 aromatic rings. The van der Waals surface area contributed by atoms with Crippen LogP contribution in [-0.2, 0) is 11.2 Å². The van der Waals surface area contributed by atoms with Crippen LogP contribution < -0.4 is 0 Å². The van der Waals surface area contributed by atoms with Crippen molar-refractivity contribution in [1.82, 2.24) is 20.0 Å². The normalized spacial score (nSPS) is 26.3. The Morgan fingerprint density at radius 3 is 3.00 bits per heavy atom. The molecule has 2 aliphatic heterocycles. The molecular formula is C16H26N4O2. The third-order valence-corrected chi connectivity index (χ3v) is 4.39. The zero-order valence-electron chi connectivity index (χ0n) is 13.7. The van der Waals surface area contributed by atoms with Crippen molar-refractivity contribution >= 4 is 5.91 Å². The Balaban J connectivity index is 1.77. The van der Waals surface area contributed by atoms with Gasteiger partial charge >= 0.3 is 0 Å². The van der Waals surface area contributed by atoms with Crippen molar-refractivity contribution in [2.24, 2.45) is 11.8 Å². The Bertz CT molecular complexity index is 528. The highest BCUT2D eigenvalue weighted by molar-refractivity contribution is 5.92. The number of carbonyl (C=O) groups excluding carboxylic acids is 1. The van der Waals surface area contributed by atoms with Crippen molar-refractivity contribution in [3.63, 3.8) is 0 Å². The molecule has 1 N–H and O–H groups in total. The van der Waals surface area contributed by atoms with E-state index >= 15 is 0 Å². The summed E-state index contributed by atoms with van der Waals surface area (Å²) in [6, 6.07) is 2.03. The van der Waals surface area contributed by atoms with Gasteiger partial charge in [-0.25, -0.2) is 0 Å². The van der Waals surface area contributed by atoms with E-state index in [9.17, 15) is 4.79 Å². The lowest BCUT2D eigenvalue weighted by Gasteiger charge is -2.29. The number of rotatable bonds is 3. The largest absolute Gasteiger partial charge is 0.379 e. The molecule has 22 heavy (non-hydrogen) atoms. The van der Waals surface area contributed by atoms with Crippen molar-refractivity contribution < 1.29 is 9.53 Å². The molecule has 2 saturated heterocycles. The lowest BCUT2D eigenvalue weighted by molar-refractivity contribution is 0.0480. The lowest BCUT2D eigenvalue weighted by atomic mass is 10.1. The Morgan fingerprint density at radius 2 is 2.23 bits per heavy atom. The van der Waals surface area contributed by atoms with E-state index in [2.05, 4.69) is 36.0 Å². The molecular weight excluding hydrogens is 280 g/mol. The van der Waals surface area contributed by atoms with E-state index in [4.69, 9.17) is 4.74 Å². The Hall–Kier alpha value is -1.40. The van der Waals surface area contributed by atoms with Crippen molar-refractivity contribution in [3.05, 3.63) is 17.5 Å². The Morgan fingerprint density at radius 1 is 1.41 bits per heavy atom. The summed E-state index contributed by atoms with van der Waals surface area (Å²) in [6.07, 6.45) is 0.915. The molecule has 122 valence electrons. The van der Waals surface area contributed by atoms with Crippen molar-refractivity contribution in [1.29, 1.82) is 0 Å². The number of carbonyl (C=O) groups is 1. The molecule has 2 bridgehead atoms. The molecule has 6 nitrogen and oxygen atoms in total. The van der Waals surface area contributed by atoms with Gasteiger partial charge in [-0.1, -0.05) is 13.8 Å². The molecule has 0 radical (unpaired) electrons. The van der Waals surface area contributed by atoms with Gasteiger partial charge in [0.1, 0.15) is 5.69 Å². The summed E-state index contributed by atoms with van der Waals surface area (Å²) >= 11 is 0. The number of nitrogens with one attached hydrogen (secondary N) is 1. The summed E-state index contributed by atoms with van der Waals surface area (Å²) in [5, 5.41) is 7.24. The Labute approximate surface area is 131 Å². The summed E-state index contributed by atoms with van der Waals surface area (Å²) in [5.41, 5.74) is 1.57. The number of ether oxygens (including phenoxy) is 1. The molecule has 1 amide bonds. The fourth-order valence-corrected chi connectivity index (χ4v) is 3.49. The zero-order chi connectivity index (χ0) is 15.7. The number of aromatic amines is 1. The van der Waals surface area contributed by atoms with Gasteiger partial charge in [0.25, 0.3) is 5.91 Å². The van der Waals surface area contributed by atoms with Crippen LogP contribution in [0.5, 0.6) is 0 Å². The summed E-state index contributed by atoms with van der Waals surface area (Å²) < 4.78 is 5.74. The highest BCUT2D eigenvalue weighted by atomic mass is 16.5. The average molecular weight is 306 g/mol. The van der Waals surface area contributed by atoms with Crippen molar-refractivity contribution in [2.45, 2.75) is 26.3 Å². The SMILES string of the molecule is CC(C)Cc1cc(C(=O)N2C[C@H]3COC[C@@H]2CN(C)C3)n[nH]1. The third-order valence-electron chi connectivity index (χ3n) is 4.39. The van der Waals surface area contributed by atoms with Gasteiger partial charge in [-0.05, 0) is 25.5 Å². The van der Waals surface area contributed by atoms with Crippen molar-refractivity contribution in [2.75, 3.05) is 39.9 Å². The smallest absolute Gasteiger partial charge is 0.274 e. The van der Waals surface area contributed by atoms with Crippen LogP contribution in [0.2, 0.25) is 0 Å². The monoisotopic (exact) mass is 306 g/mol. The van der Waals surface area contributed by atoms with Gasteiger partial charge in [-0.2, -0.15) is 5.10 Å². The number of likely N-dealkylation sites (N-methyl/N-ethyl adjacent to an activating group) is 1. The van der Waals surface area contributed by atoms with Crippen LogP contribution in [0.4, 0.5) is 0 Å². The van der Waals surface area contributed by atoms with Gasteiger partial charge in [0.15, 0.2) is 0 Å². The first-order chi connectivity index (χ1) is 10.5. The van der Waals surface area contributed by atoms with Crippen LogP contribution in [-0.4, -0.2) is 71.8 Å². The van der Waals surface area contributed by atoms with E-state index in [0.717, 1.165) is 38.4 Å². The van der Waals surface area contributed by atoms with Gasteiger partial charge in [0.2, 0.25) is 0 Å². The standard InChI is InChI=1S/C16H26N4O2/c1-11(2)4-13-5-15(18-17-13)16(21)20-7-12-6-19(3)8-14(20)10-22-9-12/h5,11-12,14H,4,6-10H2,1-3H3,(H,17,18)/t12-,14-/m0/s1. The van der Waals surface area contributed by atoms with Gasteiger partial charge in [-0.15, -0.1) is 0 Å². The second-order valence-corrected chi connectivity index (χ2v) is 7.11. The van der Waals surface area contributed by atoms with E-state index in [1.807, 2.05) is 11.0 Å². The summed E-state index contributed by atoms with van der Waals surface area (Å²) in [5.74, 6) is 0.959. The maximum absolute atomic E-state index is 12.9. The number of fused-ring (bicyclic) bond motifs is 3. The van der Waals surface area contributed by atoms with E-state index in [-0.39, 0.29) is 11.9 Å². The molecule has 0 spiro atoms. The molecule has 6 heteroatoms. The number of nitrogens with zero attached hydrogens (tertiary/aromatic N) is 3. The minimum atomic E-state index is 0.0297. The molecule has 0 aromatic carbocycles. The Kier molecular flexibility index (Phi) is 4.49. The van der Waals surface area contributed by atoms with Crippen LogP contribution >= 0.6 is 0 Å². The molecule has 0 aliphatic carbocycles. The quantitative estimate of drug-likeness (QED) is 0.905. The van der Waals surface area contributed by atoms with Crippen LogP contribution in [0.25, 0.3) is 0 Å². The highest BCUT2D eigenvalue weighted by Crippen LogP contribution is 2.21. The van der Waals surface area contributed by atoms with E-state index in [0.29, 0.717) is 24.1 Å². The number of aromatic nitrogens is 2. The molecule has 0 unspecified atom stereocenters. The molecule has 3 rings (SSSR count). The minimum absolute atomic E-state index is 0.0297.